The van der Waals surface area contributed by atoms with Crippen LogP contribution in [0.3, 0.4) is 0 Å². The Morgan fingerprint density at radius 2 is 1.83 bits per heavy atom. The van der Waals surface area contributed by atoms with Gasteiger partial charge in [-0.1, -0.05) is 35.9 Å². The highest BCUT2D eigenvalue weighted by molar-refractivity contribution is 7.89. The lowest BCUT2D eigenvalue weighted by atomic mass is 10.1. The molecule has 0 aliphatic carbocycles. The van der Waals surface area contributed by atoms with Crippen LogP contribution < -0.4 is 19.5 Å². The molecule has 4 rings (SSSR count). The number of carbonyl (C=O) groups excluding carboxylic acids is 1. The molecule has 0 atom stereocenters. The molecule has 1 aromatic heterocycles. The summed E-state index contributed by atoms with van der Waals surface area (Å²) in [4.78, 5) is 12.5. The minimum absolute atomic E-state index is 0.0326. The Morgan fingerprint density at radius 3 is 2.54 bits per heavy atom. The van der Waals surface area contributed by atoms with Crippen molar-refractivity contribution in [1.82, 2.24) is 14.5 Å². The number of sulfonamides is 1. The molecule has 2 N–H and O–H groups in total. The molecule has 0 spiro atoms. The summed E-state index contributed by atoms with van der Waals surface area (Å²) in [6.07, 6.45) is -0.573. The first-order valence-electron chi connectivity index (χ1n) is 12.3. The lowest BCUT2D eigenvalue weighted by Crippen LogP contribution is -2.25. The minimum Gasteiger partial charge on any atom is -0.497 e. The summed E-state index contributed by atoms with van der Waals surface area (Å²) in [6.45, 7) is -0.131. The van der Waals surface area contributed by atoms with Crippen molar-refractivity contribution in [3.05, 3.63) is 94.8 Å². The number of ether oxygens (including phenoxy) is 2. The van der Waals surface area contributed by atoms with E-state index in [9.17, 15) is 22.0 Å². The van der Waals surface area contributed by atoms with Crippen LogP contribution in [0, 0.1) is 0 Å². The van der Waals surface area contributed by atoms with Crippen molar-refractivity contribution in [2.45, 2.75) is 30.7 Å². The Balaban J connectivity index is 1.65. The first-order chi connectivity index (χ1) is 19.6. The number of hydrogen-bond acceptors (Lipinski definition) is 6. The van der Waals surface area contributed by atoms with Gasteiger partial charge in [0.25, 0.3) is 0 Å². The minimum atomic E-state index is -4.23. The van der Waals surface area contributed by atoms with E-state index in [1.165, 1.54) is 49.5 Å². The molecular formula is C28H27ClF2N4O5S. The van der Waals surface area contributed by atoms with Gasteiger partial charge in [0.2, 0.25) is 22.4 Å². The van der Waals surface area contributed by atoms with Crippen molar-refractivity contribution in [3.63, 3.8) is 0 Å². The summed E-state index contributed by atoms with van der Waals surface area (Å²) in [7, 11) is -1.28. The summed E-state index contributed by atoms with van der Waals surface area (Å²) in [5.74, 6) is 0.536. The number of hydrogen-bond donors (Lipinski definition) is 2. The molecule has 9 nitrogen and oxygen atoms in total. The Bertz CT molecular complexity index is 1650. The van der Waals surface area contributed by atoms with Crippen LogP contribution in [0.2, 0.25) is 5.02 Å². The SMILES string of the molecule is COc1ccc(CNS(=O)(=O)c2cc(NC(=O)Cc3ccccc3Cl)ccc2-n2cc(CC(F)F)cn2)c(OC)c1. The van der Waals surface area contributed by atoms with Crippen molar-refractivity contribution in [2.24, 2.45) is 0 Å². The first-order valence-corrected chi connectivity index (χ1v) is 14.2. The second-order valence-electron chi connectivity index (χ2n) is 8.89. The van der Waals surface area contributed by atoms with Crippen LogP contribution >= 0.6 is 11.6 Å². The van der Waals surface area contributed by atoms with E-state index in [2.05, 4.69) is 15.1 Å². The number of nitrogens with zero attached hydrogens (tertiary/aromatic N) is 2. The van der Waals surface area contributed by atoms with E-state index >= 15 is 0 Å². The number of alkyl halides is 2. The fourth-order valence-electron chi connectivity index (χ4n) is 4.04. The number of anilines is 1. The van der Waals surface area contributed by atoms with E-state index in [1.54, 1.807) is 42.5 Å². The van der Waals surface area contributed by atoms with E-state index in [1.807, 2.05) is 0 Å². The average molecular weight is 605 g/mol. The number of halogens is 3. The van der Waals surface area contributed by atoms with Gasteiger partial charge in [-0.25, -0.2) is 26.6 Å². The fourth-order valence-corrected chi connectivity index (χ4v) is 5.46. The van der Waals surface area contributed by atoms with Gasteiger partial charge in [-0.3, -0.25) is 4.79 Å². The van der Waals surface area contributed by atoms with Crippen LogP contribution in [0.5, 0.6) is 11.5 Å². The Labute approximate surface area is 241 Å². The highest BCUT2D eigenvalue weighted by Crippen LogP contribution is 2.28. The molecule has 0 bridgehead atoms. The van der Waals surface area contributed by atoms with Crippen LogP contribution in [0.15, 0.2) is 78.0 Å². The van der Waals surface area contributed by atoms with Gasteiger partial charge in [-0.05, 0) is 41.5 Å². The Morgan fingerprint density at radius 1 is 1.05 bits per heavy atom. The smallest absolute Gasteiger partial charge is 0.243 e. The maximum absolute atomic E-state index is 13.6. The third kappa shape index (κ3) is 7.60. The predicted octanol–water partition coefficient (Wildman–Crippen LogP) is 5.01. The summed E-state index contributed by atoms with van der Waals surface area (Å²) in [6, 6.07) is 16.1. The largest absolute Gasteiger partial charge is 0.497 e. The predicted molar refractivity (Wildman–Crippen MR) is 151 cm³/mol. The van der Waals surface area contributed by atoms with Crippen molar-refractivity contribution in [2.75, 3.05) is 19.5 Å². The van der Waals surface area contributed by atoms with Crippen LogP contribution in [-0.2, 0) is 34.2 Å². The third-order valence-corrected chi connectivity index (χ3v) is 7.86. The van der Waals surface area contributed by atoms with Gasteiger partial charge >= 0.3 is 0 Å². The lowest BCUT2D eigenvalue weighted by Gasteiger charge is -2.15. The molecule has 1 heterocycles. The maximum Gasteiger partial charge on any atom is 0.243 e. The average Bonchev–Trinajstić information content (AvgIpc) is 3.40. The molecular weight excluding hydrogens is 578 g/mol. The quantitative estimate of drug-likeness (QED) is 0.235. The van der Waals surface area contributed by atoms with Crippen LogP contribution in [-0.4, -0.2) is 44.8 Å². The van der Waals surface area contributed by atoms with E-state index < -0.39 is 28.8 Å². The fraction of sp³-hybridized carbons (Fsp3) is 0.214. The molecule has 0 radical (unpaired) electrons. The maximum atomic E-state index is 13.6. The van der Waals surface area contributed by atoms with Crippen LogP contribution in [0.1, 0.15) is 16.7 Å². The van der Waals surface area contributed by atoms with Crippen LogP contribution in [0.25, 0.3) is 5.69 Å². The molecule has 3 aromatic carbocycles. The number of amides is 1. The molecule has 0 saturated carbocycles. The van der Waals surface area contributed by atoms with Gasteiger partial charge in [-0.2, -0.15) is 5.10 Å². The zero-order valence-corrected chi connectivity index (χ0v) is 23.7. The number of nitrogens with one attached hydrogen (secondary N) is 2. The normalized spacial score (nSPS) is 11.5. The second-order valence-corrected chi connectivity index (χ2v) is 11.0. The molecule has 0 aliphatic rings. The van der Waals surface area contributed by atoms with Gasteiger partial charge < -0.3 is 14.8 Å². The number of benzene rings is 3. The third-order valence-electron chi connectivity index (χ3n) is 6.06. The Kier molecular flexibility index (Phi) is 9.58. The number of aromatic nitrogens is 2. The number of rotatable bonds is 12. The molecule has 216 valence electrons. The number of carbonyl (C=O) groups is 1. The van der Waals surface area contributed by atoms with Gasteiger partial charge in [0.05, 0.1) is 32.5 Å². The molecule has 0 aliphatic heterocycles. The summed E-state index contributed by atoms with van der Waals surface area (Å²) in [5.41, 5.74) is 1.68. The molecule has 0 saturated heterocycles. The van der Waals surface area contributed by atoms with E-state index in [-0.39, 0.29) is 34.8 Å². The van der Waals surface area contributed by atoms with Crippen LogP contribution in [0.4, 0.5) is 14.5 Å². The summed E-state index contributed by atoms with van der Waals surface area (Å²) in [5, 5.41) is 7.21. The zero-order valence-electron chi connectivity index (χ0n) is 22.1. The van der Waals surface area contributed by atoms with Crippen molar-refractivity contribution >= 4 is 33.2 Å². The van der Waals surface area contributed by atoms with Gasteiger partial charge in [0.1, 0.15) is 16.4 Å². The molecule has 0 fully saturated rings. The molecule has 41 heavy (non-hydrogen) atoms. The second kappa shape index (κ2) is 13.1. The monoisotopic (exact) mass is 604 g/mol. The topological polar surface area (TPSA) is 112 Å². The van der Waals surface area contributed by atoms with Crippen molar-refractivity contribution in [3.8, 4) is 17.2 Å². The van der Waals surface area contributed by atoms with Gasteiger partial charge in [0, 0.05) is 41.5 Å². The molecule has 4 aromatic rings. The van der Waals surface area contributed by atoms with E-state index in [4.69, 9.17) is 21.1 Å². The Hall–Kier alpha value is -4.00. The van der Waals surface area contributed by atoms with Crippen molar-refractivity contribution in [1.29, 1.82) is 0 Å². The summed E-state index contributed by atoms with van der Waals surface area (Å²) >= 11 is 6.16. The van der Waals surface area contributed by atoms with Gasteiger partial charge in [-0.15, -0.1) is 0 Å². The highest BCUT2D eigenvalue weighted by atomic mass is 35.5. The zero-order chi connectivity index (χ0) is 29.6. The lowest BCUT2D eigenvalue weighted by molar-refractivity contribution is -0.115. The first kappa shape index (κ1) is 30.0. The van der Waals surface area contributed by atoms with E-state index in [0.717, 1.165) is 0 Å². The summed E-state index contributed by atoms with van der Waals surface area (Å²) < 4.78 is 67.4. The highest BCUT2D eigenvalue weighted by Gasteiger charge is 2.23. The van der Waals surface area contributed by atoms with Gasteiger partial charge in [0.15, 0.2) is 0 Å². The van der Waals surface area contributed by atoms with Crippen molar-refractivity contribution < 1.29 is 31.5 Å². The molecule has 13 heteroatoms. The standard InChI is InChI=1S/C28H27ClF2N4O5S/c1-39-22-9-7-20(25(14-22)40-2)16-33-41(37,38)26-13-21(34-28(36)12-19-5-3-4-6-23(19)29)8-10-24(26)35-17-18(15-32-35)11-27(30)31/h3-10,13-15,17,27,33H,11-12,16H2,1-2H3,(H,34,36). The van der Waals surface area contributed by atoms with E-state index in [0.29, 0.717) is 27.6 Å². The number of methoxy groups -OCH3 is 2. The molecule has 1 amide bonds. The molecule has 0 unspecified atom stereocenters.